The second kappa shape index (κ2) is 10.9. The molecule has 0 aliphatic heterocycles. The lowest BCUT2D eigenvalue weighted by molar-refractivity contribution is -0.849. The van der Waals surface area contributed by atoms with Crippen LogP contribution in [0.15, 0.2) is 12.7 Å². The molecule has 0 heterocycles. The van der Waals surface area contributed by atoms with Gasteiger partial charge in [-0.1, -0.05) is 6.58 Å². The molecule has 0 aliphatic carbocycles. The molecule has 0 aromatic rings. The van der Waals surface area contributed by atoms with E-state index in [9.17, 15) is 0 Å². The van der Waals surface area contributed by atoms with Crippen molar-refractivity contribution >= 4 is 5.97 Å². The number of carbonyl (C=O) groups is 1. The summed E-state index contributed by atoms with van der Waals surface area (Å²) >= 11 is 0. The summed E-state index contributed by atoms with van der Waals surface area (Å²) in [6.07, 6.45) is 0.722. The number of halogens is 1. The van der Waals surface area contributed by atoms with Gasteiger partial charge in [-0.3, -0.25) is 0 Å². The van der Waals surface area contributed by atoms with Crippen molar-refractivity contribution in [2.24, 2.45) is 0 Å². The molecule has 4 nitrogen and oxygen atoms in total. The zero-order chi connectivity index (χ0) is 13.3. The average molecular weight is 255 g/mol. The highest BCUT2D eigenvalue weighted by atomic mass is 35.5. The van der Waals surface area contributed by atoms with Crippen LogP contribution in [0, 0.1) is 0 Å². The van der Waals surface area contributed by atoms with Gasteiger partial charge in [-0.25, -0.2) is 0 Å². The minimum absolute atomic E-state index is 0. The molecule has 0 N–H and O–H groups in total. The van der Waals surface area contributed by atoms with Crippen molar-refractivity contribution in [2.45, 2.75) is 0 Å². The SMILES string of the molecule is C=CC(=O)[O-].C[N+](C)(C)C.C[N+](C)(C)C.[Cl-]. The Balaban J connectivity index is -0.0000000655. The molecule has 0 spiro atoms. The maximum absolute atomic E-state index is 9.14. The fourth-order valence-corrected chi connectivity index (χ4v) is 0. The first kappa shape index (κ1) is 24.6. The summed E-state index contributed by atoms with van der Waals surface area (Å²) in [4.78, 5) is 9.14. The minimum atomic E-state index is -1.23. The Morgan fingerprint density at radius 3 is 1.00 bits per heavy atom. The number of aliphatic carboxylic acids is 1. The molecule has 0 radical (unpaired) electrons. The average Bonchev–Trinajstić information content (AvgIpc) is 1.79. The van der Waals surface area contributed by atoms with Gasteiger partial charge in [0.1, 0.15) is 0 Å². The molecular formula is C11H27ClN2O2. The first-order valence-electron chi connectivity index (χ1n) is 4.68. The molecule has 0 amide bonds. The largest absolute Gasteiger partial charge is 1.00 e. The van der Waals surface area contributed by atoms with Crippen molar-refractivity contribution in [3.63, 3.8) is 0 Å². The topological polar surface area (TPSA) is 40.1 Å². The van der Waals surface area contributed by atoms with Crippen LogP contribution in [-0.2, 0) is 4.79 Å². The molecule has 0 aromatic heterocycles. The quantitative estimate of drug-likeness (QED) is 0.361. The number of hydrogen-bond acceptors (Lipinski definition) is 2. The number of carboxylic acids is 1. The molecular weight excluding hydrogens is 228 g/mol. The molecule has 0 aromatic carbocycles. The van der Waals surface area contributed by atoms with Gasteiger partial charge in [0.15, 0.2) is 0 Å². The monoisotopic (exact) mass is 254 g/mol. The summed E-state index contributed by atoms with van der Waals surface area (Å²) in [7, 11) is 17.0. The van der Waals surface area contributed by atoms with E-state index >= 15 is 0 Å². The lowest BCUT2D eigenvalue weighted by atomic mass is 10.7. The third-order valence-corrected chi connectivity index (χ3v) is 0.167. The van der Waals surface area contributed by atoms with Crippen LogP contribution in [0.2, 0.25) is 0 Å². The van der Waals surface area contributed by atoms with Gasteiger partial charge in [-0.2, -0.15) is 0 Å². The third kappa shape index (κ3) is 1030. The first-order valence-corrected chi connectivity index (χ1v) is 4.68. The predicted octanol–water partition coefficient (Wildman–Crippen LogP) is -3.43. The zero-order valence-electron chi connectivity index (χ0n) is 11.9. The Hall–Kier alpha value is -0.580. The number of rotatable bonds is 1. The normalized spacial score (nSPS) is 9.50. The highest BCUT2D eigenvalue weighted by molar-refractivity contribution is 5.76. The molecule has 5 heteroatoms. The maximum atomic E-state index is 9.14. The molecule has 0 saturated carbocycles. The van der Waals surface area contributed by atoms with Crippen molar-refractivity contribution in [2.75, 3.05) is 56.4 Å². The summed E-state index contributed by atoms with van der Waals surface area (Å²) < 4.78 is 2.00. The van der Waals surface area contributed by atoms with Gasteiger partial charge in [-0.05, 0) is 6.08 Å². The van der Waals surface area contributed by atoms with E-state index < -0.39 is 5.97 Å². The molecule has 0 rings (SSSR count). The van der Waals surface area contributed by atoms with Crippen LogP contribution >= 0.6 is 0 Å². The van der Waals surface area contributed by atoms with Crippen LogP contribution in [0.1, 0.15) is 0 Å². The van der Waals surface area contributed by atoms with Crippen LogP contribution in [0.4, 0.5) is 0 Å². The van der Waals surface area contributed by atoms with Crippen molar-refractivity contribution in [1.82, 2.24) is 0 Å². The Kier molecular flexibility index (Phi) is 16.8. The molecule has 0 unspecified atom stereocenters. The number of hydrogen-bond donors (Lipinski definition) is 0. The van der Waals surface area contributed by atoms with Gasteiger partial charge in [0.2, 0.25) is 0 Å². The lowest BCUT2D eigenvalue weighted by Crippen LogP contribution is -3.00. The van der Waals surface area contributed by atoms with Crippen LogP contribution in [0.3, 0.4) is 0 Å². The third-order valence-electron chi connectivity index (χ3n) is 0.167. The molecule has 100 valence electrons. The minimum Gasteiger partial charge on any atom is -1.00 e. The van der Waals surface area contributed by atoms with Gasteiger partial charge in [0.05, 0.1) is 62.4 Å². The van der Waals surface area contributed by atoms with Crippen LogP contribution < -0.4 is 17.5 Å². The number of quaternary nitrogens is 2. The summed E-state index contributed by atoms with van der Waals surface area (Å²) in [5.41, 5.74) is 0. The van der Waals surface area contributed by atoms with E-state index in [2.05, 4.69) is 63.0 Å². The summed E-state index contributed by atoms with van der Waals surface area (Å²) in [5.74, 6) is -1.23. The van der Waals surface area contributed by atoms with Gasteiger partial charge in [-0.15, -0.1) is 0 Å². The summed E-state index contributed by atoms with van der Waals surface area (Å²) in [6, 6.07) is 0. The van der Waals surface area contributed by atoms with Crippen molar-refractivity contribution < 1.29 is 31.3 Å². The van der Waals surface area contributed by atoms with E-state index in [1.165, 1.54) is 0 Å². The summed E-state index contributed by atoms with van der Waals surface area (Å²) in [5, 5.41) is 9.14. The summed E-state index contributed by atoms with van der Waals surface area (Å²) in [6.45, 7) is 2.90. The zero-order valence-corrected chi connectivity index (χ0v) is 12.6. The van der Waals surface area contributed by atoms with E-state index in [0.29, 0.717) is 0 Å². The van der Waals surface area contributed by atoms with Crippen molar-refractivity contribution in [3.8, 4) is 0 Å². The van der Waals surface area contributed by atoms with E-state index in [4.69, 9.17) is 9.90 Å². The lowest BCUT2D eigenvalue weighted by Gasteiger charge is -2.14. The molecule has 0 saturated heterocycles. The molecule has 0 bridgehead atoms. The van der Waals surface area contributed by atoms with Crippen LogP contribution in [-0.4, -0.2) is 71.3 Å². The fourth-order valence-electron chi connectivity index (χ4n) is 0. The Morgan fingerprint density at radius 2 is 1.00 bits per heavy atom. The van der Waals surface area contributed by atoms with E-state index in [0.717, 1.165) is 15.0 Å². The second-order valence-corrected chi connectivity index (χ2v) is 5.89. The highest BCUT2D eigenvalue weighted by Crippen LogP contribution is 1.74. The number of nitrogens with zero attached hydrogens (tertiary/aromatic N) is 2. The predicted molar refractivity (Wildman–Crippen MR) is 63.1 cm³/mol. The van der Waals surface area contributed by atoms with E-state index in [-0.39, 0.29) is 12.4 Å². The van der Waals surface area contributed by atoms with Crippen LogP contribution in [0.25, 0.3) is 0 Å². The second-order valence-electron chi connectivity index (χ2n) is 5.89. The first-order chi connectivity index (χ1) is 6.27. The molecule has 0 aliphatic rings. The Labute approximate surface area is 107 Å². The van der Waals surface area contributed by atoms with Gasteiger partial charge < -0.3 is 31.3 Å². The smallest absolute Gasteiger partial charge is 0.0675 e. The van der Waals surface area contributed by atoms with Crippen molar-refractivity contribution in [1.29, 1.82) is 0 Å². The number of carboxylic acid groups (broad SMARTS) is 1. The van der Waals surface area contributed by atoms with E-state index in [1.807, 2.05) is 0 Å². The standard InChI is InChI=1S/2C4H12N.C3H4O2.ClH/c2*1-5(2,3)4;1-2-3(4)5;/h2*1-4H3;2H,1H2,(H,4,5);1H/q2*+1;;/p-2. The Morgan fingerprint density at radius 1 is 0.938 bits per heavy atom. The number of carbonyl (C=O) groups excluding carboxylic acids is 1. The van der Waals surface area contributed by atoms with Crippen LogP contribution in [0.5, 0.6) is 0 Å². The molecule has 16 heavy (non-hydrogen) atoms. The highest BCUT2D eigenvalue weighted by Gasteiger charge is 1.88. The fraction of sp³-hybridized carbons (Fsp3) is 0.727. The Bertz CT molecular complexity index is 157. The van der Waals surface area contributed by atoms with Crippen molar-refractivity contribution in [3.05, 3.63) is 12.7 Å². The van der Waals surface area contributed by atoms with E-state index in [1.54, 1.807) is 0 Å². The van der Waals surface area contributed by atoms with Gasteiger partial charge in [0.25, 0.3) is 0 Å². The molecule has 0 fully saturated rings. The maximum Gasteiger partial charge on any atom is 0.0675 e. The van der Waals surface area contributed by atoms with Gasteiger partial charge >= 0.3 is 0 Å². The van der Waals surface area contributed by atoms with Gasteiger partial charge in [0, 0.05) is 0 Å². The molecule has 0 atom stereocenters.